The highest BCUT2D eigenvalue weighted by atomic mass is 16.5. The van der Waals surface area contributed by atoms with Crippen LogP contribution in [0.1, 0.15) is 99.3 Å². The van der Waals surface area contributed by atoms with Crippen LogP contribution in [-0.2, 0) is 12.8 Å². The van der Waals surface area contributed by atoms with Crippen molar-refractivity contribution in [2.45, 2.75) is 113 Å². The zero-order valence-electron chi connectivity index (χ0n) is 31.6. The van der Waals surface area contributed by atoms with Gasteiger partial charge in [0.25, 0.3) is 0 Å². The van der Waals surface area contributed by atoms with Gasteiger partial charge in [-0.15, -0.1) is 0 Å². The van der Waals surface area contributed by atoms with E-state index in [1.807, 2.05) is 48.5 Å². The van der Waals surface area contributed by atoms with Crippen LogP contribution in [0.5, 0.6) is 11.5 Å². The van der Waals surface area contributed by atoms with Crippen LogP contribution in [0.15, 0.2) is 84.9 Å². The van der Waals surface area contributed by atoms with Crippen LogP contribution >= 0.6 is 0 Å². The van der Waals surface area contributed by atoms with Crippen molar-refractivity contribution < 1.29 is 9.47 Å². The van der Waals surface area contributed by atoms with Crippen molar-refractivity contribution in [1.82, 2.24) is 9.80 Å². The molecule has 6 heteroatoms. The van der Waals surface area contributed by atoms with E-state index >= 15 is 0 Å². The van der Waals surface area contributed by atoms with Gasteiger partial charge in [-0.1, -0.05) is 49.2 Å². The average Bonchev–Trinajstić information content (AvgIpc) is 3.64. The molecule has 4 atom stereocenters. The first kappa shape index (κ1) is 35.1. The first-order valence-electron chi connectivity index (χ1n) is 20.6. The van der Waals surface area contributed by atoms with Crippen molar-refractivity contribution in [1.29, 1.82) is 10.5 Å². The Balaban J connectivity index is 0.000000142. The number of hydrogen-bond acceptors (Lipinski definition) is 6. The largest absolute Gasteiger partial charge is 0.487 e. The SMILES string of the molecule is N#Cc1ccc(-c2ccc3c(c2)CC2(CCC4CCCCN4CC2)O3)cc1.N#Cc1ccc(-c2ccc3c(c2)CC2(CCCN4CCCCC4C2)O3)cc1. The lowest BCUT2D eigenvalue weighted by atomic mass is 9.85. The maximum absolute atomic E-state index is 9.00. The molecule has 0 amide bonds. The summed E-state index contributed by atoms with van der Waals surface area (Å²) in [6, 6.07) is 34.8. The molecule has 276 valence electrons. The summed E-state index contributed by atoms with van der Waals surface area (Å²) in [6.07, 6.45) is 17.4. The van der Waals surface area contributed by atoms with Crippen molar-refractivity contribution in [3.05, 3.63) is 107 Å². The van der Waals surface area contributed by atoms with Gasteiger partial charge in [-0.2, -0.15) is 10.5 Å². The predicted octanol–water partition coefficient (Wildman–Crippen LogP) is 9.87. The Morgan fingerprint density at radius 2 is 1.02 bits per heavy atom. The van der Waals surface area contributed by atoms with Crippen LogP contribution in [0.3, 0.4) is 0 Å². The first-order chi connectivity index (χ1) is 26.5. The standard InChI is InChI=1S/2C24H26N2O/c25-17-18-5-7-19(8-6-18)20-9-10-23-21(14-20)15-24(27-23)11-3-13-26-12-2-1-4-22(26)16-24;25-17-18-4-6-19(7-5-18)20-8-9-23-21(15-20)16-24(27-23)11-10-22-3-1-2-13-26(22)14-12-24/h5-10,14,22H,1-4,11-13,15-16H2;4-9,15,22H,1-3,10-14,16H2. The van der Waals surface area contributed by atoms with E-state index in [1.165, 1.54) is 119 Å². The maximum Gasteiger partial charge on any atom is 0.123 e. The van der Waals surface area contributed by atoms with Crippen molar-refractivity contribution >= 4 is 0 Å². The average molecular weight is 717 g/mol. The molecular formula is C48H52N4O2. The fraction of sp³-hybridized carbons (Fsp3) is 0.458. The van der Waals surface area contributed by atoms with Gasteiger partial charge in [0.2, 0.25) is 0 Å². The number of rotatable bonds is 2. The summed E-state index contributed by atoms with van der Waals surface area (Å²) in [5.41, 5.74) is 8.86. The second-order valence-corrected chi connectivity index (χ2v) is 16.9. The van der Waals surface area contributed by atoms with Crippen molar-refractivity contribution in [3.8, 4) is 45.9 Å². The molecule has 4 unspecified atom stereocenters. The molecule has 4 aromatic rings. The smallest absolute Gasteiger partial charge is 0.123 e. The Hall–Kier alpha value is -4.62. The third-order valence-electron chi connectivity index (χ3n) is 13.5. The minimum atomic E-state index is 0.00236. The summed E-state index contributed by atoms with van der Waals surface area (Å²) in [6.45, 7) is 4.97. The Kier molecular flexibility index (Phi) is 9.69. The number of nitriles is 2. The molecule has 4 fully saturated rings. The zero-order valence-corrected chi connectivity index (χ0v) is 31.6. The third kappa shape index (κ3) is 7.15. The van der Waals surface area contributed by atoms with Crippen molar-refractivity contribution in [2.75, 3.05) is 26.2 Å². The van der Waals surface area contributed by atoms with E-state index in [-0.39, 0.29) is 11.2 Å². The molecule has 6 aliphatic rings. The Morgan fingerprint density at radius 3 is 1.63 bits per heavy atom. The summed E-state index contributed by atoms with van der Waals surface area (Å²) in [5.74, 6) is 2.16. The van der Waals surface area contributed by atoms with Crippen molar-refractivity contribution in [3.63, 3.8) is 0 Å². The molecule has 0 aliphatic carbocycles. The minimum Gasteiger partial charge on any atom is -0.487 e. The van der Waals surface area contributed by atoms with Gasteiger partial charge in [-0.25, -0.2) is 0 Å². The maximum atomic E-state index is 9.00. The van der Waals surface area contributed by atoms with E-state index in [1.54, 1.807) is 0 Å². The van der Waals surface area contributed by atoms with Crippen LogP contribution in [-0.4, -0.2) is 59.3 Å². The molecule has 0 N–H and O–H groups in total. The molecule has 0 saturated carbocycles. The quantitative estimate of drug-likeness (QED) is 0.206. The number of nitrogens with zero attached hydrogens (tertiary/aromatic N) is 4. The second kappa shape index (κ2) is 14.9. The molecule has 0 radical (unpaired) electrons. The predicted molar refractivity (Wildman–Crippen MR) is 213 cm³/mol. The third-order valence-corrected chi connectivity index (χ3v) is 13.5. The number of fused-ring (bicyclic) bond motifs is 4. The zero-order chi connectivity index (χ0) is 36.5. The highest BCUT2D eigenvalue weighted by Gasteiger charge is 2.45. The lowest BCUT2D eigenvalue weighted by Gasteiger charge is -2.37. The van der Waals surface area contributed by atoms with E-state index in [2.05, 4.69) is 58.3 Å². The van der Waals surface area contributed by atoms with E-state index < -0.39 is 0 Å². The van der Waals surface area contributed by atoms with Crippen LogP contribution in [0.2, 0.25) is 0 Å². The molecule has 54 heavy (non-hydrogen) atoms. The number of piperidine rings is 2. The van der Waals surface area contributed by atoms with Gasteiger partial charge in [0.1, 0.15) is 22.7 Å². The van der Waals surface area contributed by atoms with Gasteiger partial charge in [0.15, 0.2) is 0 Å². The van der Waals surface area contributed by atoms with E-state index in [4.69, 9.17) is 20.0 Å². The molecule has 0 aromatic heterocycles. The number of benzene rings is 4. The molecule has 6 nitrogen and oxygen atoms in total. The molecule has 0 bridgehead atoms. The van der Waals surface area contributed by atoms with E-state index in [9.17, 15) is 0 Å². The Bertz CT molecular complexity index is 2040. The monoisotopic (exact) mass is 716 g/mol. The van der Waals surface area contributed by atoms with E-state index in [0.29, 0.717) is 17.2 Å². The lowest BCUT2D eigenvalue weighted by molar-refractivity contribution is 0.0496. The molecular weight excluding hydrogens is 665 g/mol. The molecule has 2 spiro atoms. The first-order valence-corrected chi connectivity index (χ1v) is 20.6. The van der Waals surface area contributed by atoms with Gasteiger partial charge < -0.3 is 19.3 Å². The number of ether oxygens (including phenoxy) is 2. The van der Waals surface area contributed by atoms with Gasteiger partial charge in [0.05, 0.1) is 23.3 Å². The molecule has 4 saturated heterocycles. The van der Waals surface area contributed by atoms with Gasteiger partial charge in [0, 0.05) is 44.3 Å². The van der Waals surface area contributed by atoms with Crippen LogP contribution < -0.4 is 9.47 Å². The topological polar surface area (TPSA) is 72.5 Å². The molecule has 6 heterocycles. The van der Waals surface area contributed by atoms with Crippen molar-refractivity contribution in [2.24, 2.45) is 0 Å². The van der Waals surface area contributed by atoms with E-state index in [0.717, 1.165) is 47.9 Å². The highest BCUT2D eigenvalue weighted by Crippen LogP contribution is 2.46. The number of hydrogen-bond donors (Lipinski definition) is 0. The Morgan fingerprint density at radius 1 is 0.500 bits per heavy atom. The molecule has 10 rings (SSSR count). The lowest BCUT2D eigenvalue weighted by Crippen LogP contribution is -2.44. The summed E-state index contributed by atoms with van der Waals surface area (Å²) in [5, 5.41) is 18.0. The minimum absolute atomic E-state index is 0.00236. The summed E-state index contributed by atoms with van der Waals surface area (Å²) < 4.78 is 13.2. The summed E-state index contributed by atoms with van der Waals surface area (Å²) >= 11 is 0. The van der Waals surface area contributed by atoms with Gasteiger partial charge in [-0.3, -0.25) is 0 Å². The fourth-order valence-corrected chi connectivity index (χ4v) is 10.5. The molecule has 6 aliphatic heterocycles. The highest BCUT2D eigenvalue weighted by molar-refractivity contribution is 5.68. The van der Waals surface area contributed by atoms with Gasteiger partial charge >= 0.3 is 0 Å². The van der Waals surface area contributed by atoms with Crippen LogP contribution in [0.4, 0.5) is 0 Å². The summed E-state index contributed by atoms with van der Waals surface area (Å²) in [4.78, 5) is 5.43. The van der Waals surface area contributed by atoms with Crippen LogP contribution in [0, 0.1) is 22.7 Å². The van der Waals surface area contributed by atoms with Crippen LogP contribution in [0.25, 0.3) is 22.3 Å². The normalized spacial score (nSPS) is 27.3. The van der Waals surface area contributed by atoms with Gasteiger partial charge in [-0.05, 0) is 153 Å². The summed E-state index contributed by atoms with van der Waals surface area (Å²) in [7, 11) is 0. The second-order valence-electron chi connectivity index (χ2n) is 16.9. The Labute approximate surface area is 321 Å². The fourth-order valence-electron chi connectivity index (χ4n) is 10.5. The molecule has 4 aromatic carbocycles.